The average Bonchev–Trinajstić information content (AvgIpc) is 2.68. The number of pyridine rings is 2. The molecule has 0 saturated heterocycles. The van der Waals surface area contributed by atoms with Crippen LogP contribution in [-0.2, 0) is 0 Å². The zero-order valence-electron chi connectivity index (χ0n) is 13.4. The number of hydrogen-bond acceptors (Lipinski definition) is 4. The maximum Gasteiger partial charge on any atom is 0.152 e. The van der Waals surface area contributed by atoms with Crippen LogP contribution in [0, 0.1) is 0 Å². The van der Waals surface area contributed by atoms with Gasteiger partial charge in [-0.25, -0.2) is 0 Å². The molecule has 4 aromatic rings. The summed E-state index contributed by atoms with van der Waals surface area (Å²) in [7, 11) is 0. The zero-order chi connectivity index (χ0) is 17.2. The van der Waals surface area contributed by atoms with Crippen molar-refractivity contribution in [3.05, 3.63) is 78.8 Å². The van der Waals surface area contributed by atoms with Gasteiger partial charge in [0.05, 0.1) is 5.52 Å². The molecule has 0 saturated carbocycles. The van der Waals surface area contributed by atoms with E-state index in [1.165, 1.54) is 0 Å². The van der Waals surface area contributed by atoms with E-state index in [1.54, 1.807) is 18.5 Å². The fourth-order valence-electron chi connectivity index (χ4n) is 2.97. The van der Waals surface area contributed by atoms with Crippen LogP contribution >= 0.6 is 0 Å². The molecule has 0 bridgehead atoms. The van der Waals surface area contributed by atoms with E-state index in [0.717, 1.165) is 39.4 Å². The summed E-state index contributed by atoms with van der Waals surface area (Å²) in [5.74, 6) is 0. The fourth-order valence-corrected chi connectivity index (χ4v) is 2.97. The minimum absolute atomic E-state index is 0.485. The number of nitrogens with zero attached hydrogens (tertiary/aromatic N) is 2. The van der Waals surface area contributed by atoms with Crippen LogP contribution in [0.2, 0.25) is 0 Å². The molecule has 0 spiro atoms. The van der Waals surface area contributed by atoms with Gasteiger partial charge in [-0.1, -0.05) is 12.1 Å². The number of nitrogens with two attached hydrogens (primary N) is 1. The van der Waals surface area contributed by atoms with Gasteiger partial charge in [-0.15, -0.1) is 0 Å². The number of anilines is 1. The largest absolute Gasteiger partial charge is 0.398 e. The number of aromatic nitrogens is 2. The Balaban J connectivity index is 1.92. The summed E-state index contributed by atoms with van der Waals surface area (Å²) in [6.07, 6.45) is 6.15. The van der Waals surface area contributed by atoms with Gasteiger partial charge < -0.3 is 5.73 Å². The van der Waals surface area contributed by atoms with E-state index < -0.39 is 0 Å². The normalized spacial score (nSPS) is 10.7. The standard InChI is InChI=1S/C21H15N3O/c22-20-3-1-15(11-17(20)13-25)16-2-4-21-19(12-16)18(7-10-24-21)14-5-8-23-9-6-14/h1-13H,22H2. The Morgan fingerprint density at radius 3 is 2.36 bits per heavy atom. The third kappa shape index (κ3) is 2.74. The van der Waals surface area contributed by atoms with E-state index in [2.05, 4.69) is 16.0 Å². The second-order valence-electron chi connectivity index (χ2n) is 5.79. The number of rotatable bonds is 3. The summed E-state index contributed by atoms with van der Waals surface area (Å²) < 4.78 is 0. The van der Waals surface area contributed by atoms with E-state index >= 15 is 0 Å². The lowest BCUT2D eigenvalue weighted by molar-refractivity contribution is 0.112. The Morgan fingerprint density at radius 2 is 1.56 bits per heavy atom. The Kier molecular flexibility index (Phi) is 3.71. The van der Waals surface area contributed by atoms with Crippen LogP contribution in [0.5, 0.6) is 0 Å². The molecule has 2 aromatic carbocycles. The molecule has 120 valence electrons. The maximum atomic E-state index is 11.2. The van der Waals surface area contributed by atoms with Crippen LogP contribution in [0.15, 0.2) is 73.2 Å². The van der Waals surface area contributed by atoms with Crippen molar-refractivity contribution in [3.63, 3.8) is 0 Å². The first-order valence-corrected chi connectivity index (χ1v) is 7.90. The molecule has 0 fully saturated rings. The quantitative estimate of drug-likeness (QED) is 0.449. The number of benzene rings is 2. The smallest absolute Gasteiger partial charge is 0.152 e. The van der Waals surface area contributed by atoms with Gasteiger partial charge >= 0.3 is 0 Å². The Morgan fingerprint density at radius 1 is 0.800 bits per heavy atom. The second kappa shape index (κ2) is 6.17. The van der Waals surface area contributed by atoms with Crippen LogP contribution in [0.1, 0.15) is 10.4 Å². The minimum Gasteiger partial charge on any atom is -0.398 e. The summed E-state index contributed by atoms with van der Waals surface area (Å²) >= 11 is 0. The molecular formula is C21H15N3O. The van der Waals surface area contributed by atoms with Crippen molar-refractivity contribution >= 4 is 22.9 Å². The third-order valence-electron chi connectivity index (χ3n) is 4.28. The van der Waals surface area contributed by atoms with Crippen molar-refractivity contribution in [2.45, 2.75) is 0 Å². The first kappa shape index (κ1) is 15.0. The summed E-state index contributed by atoms with van der Waals surface area (Å²) in [5, 5.41) is 1.05. The number of nitrogen functional groups attached to an aromatic ring is 1. The SMILES string of the molecule is Nc1ccc(-c2ccc3nccc(-c4ccncc4)c3c2)cc1C=O. The molecular weight excluding hydrogens is 310 g/mol. The molecule has 0 unspecified atom stereocenters. The minimum atomic E-state index is 0.485. The third-order valence-corrected chi connectivity index (χ3v) is 4.28. The van der Waals surface area contributed by atoms with Crippen LogP contribution in [0.4, 0.5) is 5.69 Å². The molecule has 2 aromatic heterocycles. The van der Waals surface area contributed by atoms with E-state index in [1.807, 2.05) is 48.7 Å². The van der Waals surface area contributed by atoms with E-state index in [0.29, 0.717) is 11.3 Å². The molecule has 0 aliphatic carbocycles. The average molecular weight is 325 g/mol. The van der Waals surface area contributed by atoms with E-state index in [-0.39, 0.29) is 0 Å². The molecule has 0 radical (unpaired) electrons. The van der Waals surface area contributed by atoms with Crippen LogP contribution in [0.3, 0.4) is 0 Å². The summed E-state index contributed by atoms with van der Waals surface area (Å²) in [5.41, 5.74) is 11.9. The van der Waals surface area contributed by atoms with Gasteiger partial charge in [0, 0.05) is 35.2 Å². The van der Waals surface area contributed by atoms with Crippen molar-refractivity contribution in [2.24, 2.45) is 0 Å². The van der Waals surface area contributed by atoms with Crippen molar-refractivity contribution in [3.8, 4) is 22.3 Å². The Bertz CT molecular complexity index is 1070. The Hall–Kier alpha value is -3.53. The number of carbonyl (C=O) groups excluding carboxylic acids is 1. The molecule has 0 amide bonds. The first-order chi connectivity index (χ1) is 12.3. The predicted molar refractivity (Wildman–Crippen MR) is 100 cm³/mol. The molecule has 2 heterocycles. The van der Waals surface area contributed by atoms with Gasteiger partial charge in [0.2, 0.25) is 0 Å². The fraction of sp³-hybridized carbons (Fsp3) is 0. The lowest BCUT2D eigenvalue weighted by Gasteiger charge is -2.09. The molecule has 2 N–H and O–H groups in total. The van der Waals surface area contributed by atoms with Crippen molar-refractivity contribution in [1.29, 1.82) is 0 Å². The van der Waals surface area contributed by atoms with E-state index in [4.69, 9.17) is 5.73 Å². The molecule has 0 atom stereocenters. The van der Waals surface area contributed by atoms with Crippen LogP contribution in [-0.4, -0.2) is 16.3 Å². The van der Waals surface area contributed by atoms with Gasteiger partial charge in [-0.3, -0.25) is 14.8 Å². The number of carbonyl (C=O) groups is 1. The van der Waals surface area contributed by atoms with Gasteiger partial charge in [0.1, 0.15) is 0 Å². The molecule has 0 aliphatic rings. The lowest BCUT2D eigenvalue weighted by atomic mass is 9.97. The monoisotopic (exact) mass is 325 g/mol. The highest BCUT2D eigenvalue weighted by molar-refractivity contribution is 5.97. The first-order valence-electron chi connectivity index (χ1n) is 7.90. The van der Waals surface area contributed by atoms with Crippen molar-refractivity contribution in [1.82, 2.24) is 9.97 Å². The Labute approximate surface area is 145 Å². The van der Waals surface area contributed by atoms with Gasteiger partial charge in [0.25, 0.3) is 0 Å². The number of aldehydes is 1. The highest BCUT2D eigenvalue weighted by atomic mass is 16.1. The highest BCUT2D eigenvalue weighted by Crippen LogP contribution is 2.31. The summed E-state index contributed by atoms with van der Waals surface area (Å²) in [6.45, 7) is 0. The zero-order valence-corrected chi connectivity index (χ0v) is 13.4. The molecule has 25 heavy (non-hydrogen) atoms. The summed E-state index contributed by atoms with van der Waals surface area (Å²) in [4.78, 5) is 19.7. The van der Waals surface area contributed by atoms with Gasteiger partial charge in [-0.2, -0.15) is 0 Å². The van der Waals surface area contributed by atoms with Gasteiger partial charge in [-0.05, 0) is 64.7 Å². The molecule has 0 aliphatic heterocycles. The molecule has 4 rings (SSSR count). The predicted octanol–water partition coefficient (Wildman–Crippen LogP) is 4.36. The maximum absolute atomic E-state index is 11.2. The lowest BCUT2D eigenvalue weighted by Crippen LogP contribution is -1.93. The number of hydrogen-bond donors (Lipinski definition) is 1. The van der Waals surface area contributed by atoms with Crippen LogP contribution in [0.25, 0.3) is 33.2 Å². The van der Waals surface area contributed by atoms with Gasteiger partial charge in [0.15, 0.2) is 6.29 Å². The topological polar surface area (TPSA) is 68.9 Å². The highest BCUT2D eigenvalue weighted by Gasteiger charge is 2.08. The summed E-state index contributed by atoms with van der Waals surface area (Å²) in [6, 6.07) is 17.6. The molecule has 4 nitrogen and oxygen atoms in total. The van der Waals surface area contributed by atoms with Crippen molar-refractivity contribution < 1.29 is 4.79 Å². The number of fused-ring (bicyclic) bond motifs is 1. The molecule has 4 heteroatoms. The van der Waals surface area contributed by atoms with Crippen LogP contribution < -0.4 is 5.73 Å². The van der Waals surface area contributed by atoms with Crippen molar-refractivity contribution in [2.75, 3.05) is 5.73 Å². The second-order valence-corrected chi connectivity index (χ2v) is 5.79. The van der Waals surface area contributed by atoms with E-state index in [9.17, 15) is 4.79 Å².